The minimum absolute atomic E-state index is 0.0156. The molecule has 2 atom stereocenters. The highest BCUT2D eigenvalue weighted by Gasteiger charge is 2.30. The van der Waals surface area contributed by atoms with Gasteiger partial charge in [-0.15, -0.1) is 0 Å². The van der Waals surface area contributed by atoms with Crippen LogP contribution in [0.25, 0.3) is 21.8 Å². The first-order valence-electron chi connectivity index (χ1n) is 16.3. The molecule has 12 nitrogen and oxygen atoms in total. The minimum Gasteiger partial charge on any atom is -0.395 e. The number of nitriles is 2. The number of aryl methyl sites for hydroxylation is 2. The third-order valence-corrected chi connectivity index (χ3v) is 12.1. The van der Waals surface area contributed by atoms with Gasteiger partial charge in [-0.2, -0.15) is 10.5 Å². The van der Waals surface area contributed by atoms with Crippen molar-refractivity contribution in [2.75, 3.05) is 26.3 Å². The number of fused-ring (bicyclic) bond motifs is 2. The highest BCUT2D eigenvalue weighted by Crippen LogP contribution is 2.37. The molecule has 3 N–H and O–H groups in total. The highest BCUT2D eigenvalue weighted by molar-refractivity contribution is 7.90. The van der Waals surface area contributed by atoms with Crippen LogP contribution < -0.4 is 5.32 Å². The first-order valence-corrected chi connectivity index (χ1v) is 19.1. The lowest BCUT2D eigenvalue weighted by Crippen LogP contribution is -2.24. The molecule has 0 aliphatic carbocycles. The van der Waals surface area contributed by atoms with Crippen molar-refractivity contribution in [2.24, 2.45) is 0 Å². The fraction of sp³-hybridized carbons (Fsp3) is 0.211. The van der Waals surface area contributed by atoms with E-state index in [-0.39, 0.29) is 40.1 Å². The van der Waals surface area contributed by atoms with E-state index >= 15 is 0 Å². The van der Waals surface area contributed by atoms with Crippen LogP contribution in [-0.2, 0) is 24.8 Å². The molecule has 0 radical (unpaired) electrons. The predicted molar refractivity (Wildman–Crippen MR) is 194 cm³/mol. The van der Waals surface area contributed by atoms with Gasteiger partial charge in [-0.3, -0.25) is 0 Å². The van der Waals surface area contributed by atoms with Crippen LogP contribution in [0, 0.1) is 36.5 Å². The molecule has 0 amide bonds. The van der Waals surface area contributed by atoms with Crippen LogP contribution in [-0.4, -0.2) is 61.3 Å². The topological polar surface area (TPSA) is 191 Å². The van der Waals surface area contributed by atoms with Crippen molar-refractivity contribution in [1.29, 1.82) is 10.5 Å². The quantitative estimate of drug-likeness (QED) is 0.130. The summed E-state index contributed by atoms with van der Waals surface area (Å²) in [7, 11) is -7.67. The van der Waals surface area contributed by atoms with Crippen LogP contribution in [0.2, 0.25) is 0 Å². The van der Waals surface area contributed by atoms with Crippen LogP contribution in [0.1, 0.15) is 45.6 Å². The molecule has 1 aliphatic rings. The third kappa shape index (κ3) is 6.96. The zero-order chi connectivity index (χ0) is 37.2. The maximum atomic E-state index is 13.1. The fourth-order valence-corrected chi connectivity index (χ4v) is 8.69. The summed E-state index contributed by atoms with van der Waals surface area (Å²) in [5.74, 6) is 0. The summed E-state index contributed by atoms with van der Waals surface area (Å²) >= 11 is 0. The van der Waals surface area contributed by atoms with E-state index in [2.05, 4.69) is 11.4 Å². The summed E-state index contributed by atoms with van der Waals surface area (Å²) in [6.07, 6.45) is 1.97. The number of aromatic nitrogens is 2. The Hall–Kier alpha value is -5.32. The zero-order valence-electron chi connectivity index (χ0n) is 28.3. The van der Waals surface area contributed by atoms with E-state index in [0.717, 1.165) is 26.0 Å². The number of hydrogen-bond acceptors (Lipinski definition) is 10. The fourth-order valence-electron chi connectivity index (χ4n) is 5.96. The van der Waals surface area contributed by atoms with Gasteiger partial charge in [0.2, 0.25) is 0 Å². The van der Waals surface area contributed by atoms with E-state index in [1.807, 2.05) is 26.0 Å². The van der Waals surface area contributed by atoms with Crippen LogP contribution in [0.4, 0.5) is 0 Å². The van der Waals surface area contributed by atoms with Gasteiger partial charge in [0.25, 0.3) is 20.0 Å². The van der Waals surface area contributed by atoms with E-state index in [4.69, 9.17) is 9.84 Å². The van der Waals surface area contributed by atoms with Gasteiger partial charge in [-0.05, 0) is 73.5 Å². The van der Waals surface area contributed by atoms with E-state index < -0.39 is 26.2 Å². The molecular weight excluding hydrogens is 703 g/mol. The number of hydrogen-bond donors (Lipinski definition) is 3. The number of aliphatic hydroxyl groups is 2. The number of aliphatic hydroxyl groups excluding tert-OH is 2. The van der Waals surface area contributed by atoms with Gasteiger partial charge in [0.15, 0.2) is 0 Å². The first kappa shape index (κ1) is 36.5. The molecular formula is C38H35N5O7S2. The SMILES string of the molecule is Cc1ccc(S(=O)(=O)n2ccc3c(C(O)CNCCO)ccc(C#N)c32)cc1.Cc1ccc(S(=O)(=O)n2ccc3c(C4CO4)ccc(C#N)c32)cc1. The Morgan fingerprint density at radius 1 is 0.769 bits per heavy atom. The van der Waals surface area contributed by atoms with Gasteiger partial charge in [-0.25, -0.2) is 24.8 Å². The van der Waals surface area contributed by atoms with Crippen molar-refractivity contribution in [2.45, 2.75) is 35.8 Å². The first-order chi connectivity index (χ1) is 24.9. The second-order valence-corrected chi connectivity index (χ2v) is 15.9. The minimum atomic E-state index is -3.90. The number of ether oxygens (including phenoxy) is 1. The zero-order valence-corrected chi connectivity index (χ0v) is 29.9. The number of rotatable bonds is 10. The molecule has 6 aromatic rings. The Labute approximate surface area is 301 Å². The summed E-state index contributed by atoms with van der Waals surface area (Å²) in [4.78, 5) is 0.317. The number of nitrogens with zero attached hydrogens (tertiary/aromatic N) is 4. The van der Waals surface area contributed by atoms with E-state index in [1.54, 1.807) is 60.7 Å². The molecule has 3 heterocycles. The summed E-state index contributed by atoms with van der Waals surface area (Å²) in [6, 6.07) is 27.2. The highest BCUT2D eigenvalue weighted by atomic mass is 32.2. The largest absolute Gasteiger partial charge is 0.395 e. The maximum Gasteiger partial charge on any atom is 0.268 e. The van der Waals surface area contributed by atoms with Gasteiger partial charge in [0.05, 0.1) is 51.3 Å². The standard InChI is InChI=1S/C20H21N3O4S.C18H14N2O3S/c1-14-2-5-16(6-3-14)28(26,27)23-10-8-18-17(19(25)13-22-9-11-24)7-4-15(12-21)20(18)23;1-12-2-5-14(6-3-12)24(21,22)20-9-8-16-15(17-11-23-17)7-4-13(10-19)18(16)20/h2-8,10,19,22,24-25H,9,11,13H2,1H3;2-9,17H,11H2,1H3. The number of epoxide rings is 1. The molecule has 0 spiro atoms. The molecule has 1 fully saturated rings. The lowest BCUT2D eigenvalue weighted by molar-refractivity contribution is 0.172. The number of benzene rings is 4. The Balaban J connectivity index is 0.000000180. The van der Waals surface area contributed by atoms with Crippen molar-refractivity contribution in [3.8, 4) is 12.1 Å². The monoisotopic (exact) mass is 737 g/mol. The van der Waals surface area contributed by atoms with Crippen molar-refractivity contribution >= 4 is 41.9 Å². The Kier molecular flexibility index (Phi) is 10.3. The molecule has 2 aromatic heterocycles. The van der Waals surface area contributed by atoms with Crippen LogP contribution in [0.5, 0.6) is 0 Å². The van der Waals surface area contributed by atoms with Gasteiger partial charge < -0.3 is 20.3 Å². The van der Waals surface area contributed by atoms with Crippen molar-refractivity contribution in [3.05, 3.63) is 131 Å². The van der Waals surface area contributed by atoms with Gasteiger partial charge in [0, 0.05) is 36.3 Å². The Bertz CT molecular complexity index is 2580. The average Bonchev–Trinajstić information content (AvgIpc) is 3.70. The van der Waals surface area contributed by atoms with Crippen molar-refractivity contribution in [1.82, 2.24) is 13.3 Å². The smallest absolute Gasteiger partial charge is 0.268 e. The Morgan fingerprint density at radius 2 is 1.25 bits per heavy atom. The van der Waals surface area contributed by atoms with E-state index in [9.17, 15) is 32.5 Å². The maximum absolute atomic E-state index is 13.1. The molecule has 266 valence electrons. The summed E-state index contributed by atoms with van der Waals surface area (Å²) in [5.41, 5.74) is 4.53. The van der Waals surface area contributed by atoms with Gasteiger partial charge >= 0.3 is 0 Å². The lowest BCUT2D eigenvalue weighted by atomic mass is 10.0. The molecule has 1 saturated heterocycles. The summed E-state index contributed by atoms with van der Waals surface area (Å²) < 4.78 is 59.9. The van der Waals surface area contributed by atoms with Crippen LogP contribution in [0.15, 0.2) is 107 Å². The van der Waals surface area contributed by atoms with Gasteiger partial charge in [0.1, 0.15) is 18.2 Å². The molecule has 0 bridgehead atoms. The Morgan fingerprint density at radius 3 is 1.73 bits per heavy atom. The van der Waals surface area contributed by atoms with Crippen molar-refractivity contribution < 1.29 is 31.8 Å². The second-order valence-electron chi connectivity index (χ2n) is 12.3. The molecule has 2 unspecified atom stereocenters. The van der Waals surface area contributed by atoms with Gasteiger partial charge in [-0.1, -0.05) is 47.5 Å². The molecule has 1 aliphatic heterocycles. The third-order valence-electron chi connectivity index (χ3n) is 8.76. The van der Waals surface area contributed by atoms with Crippen molar-refractivity contribution in [3.63, 3.8) is 0 Å². The van der Waals surface area contributed by atoms with Crippen LogP contribution in [0.3, 0.4) is 0 Å². The summed E-state index contributed by atoms with van der Waals surface area (Å²) in [6.45, 7) is 4.86. The number of nitrogens with one attached hydrogen (secondary N) is 1. The molecule has 4 aromatic carbocycles. The second kappa shape index (κ2) is 14.7. The molecule has 14 heteroatoms. The van der Waals surface area contributed by atoms with E-state index in [0.29, 0.717) is 35.2 Å². The molecule has 0 saturated carbocycles. The average molecular weight is 738 g/mol. The molecule has 52 heavy (non-hydrogen) atoms. The van der Waals surface area contributed by atoms with E-state index in [1.165, 1.54) is 34.6 Å². The summed E-state index contributed by atoms with van der Waals surface area (Å²) in [5, 5.41) is 42.4. The molecule has 7 rings (SSSR count). The lowest BCUT2D eigenvalue weighted by Gasteiger charge is -2.15. The predicted octanol–water partition coefficient (Wildman–Crippen LogP) is 4.80. The normalized spacial score (nSPS) is 14.7. The van der Waals surface area contributed by atoms with Crippen LogP contribution >= 0.6 is 0 Å².